The van der Waals surface area contributed by atoms with Gasteiger partial charge in [-0.15, -0.1) is 0 Å². The smallest absolute Gasteiger partial charge is 0.232 e. The average molecular weight is 366 g/mol. The fraction of sp³-hybridized carbons (Fsp3) is 0.842. The number of aliphatic hydroxyl groups excluding tert-OH is 1. The summed E-state index contributed by atoms with van der Waals surface area (Å²) in [6, 6.07) is 0. The molecule has 0 saturated heterocycles. The quantitative estimate of drug-likeness (QED) is 0.508. The first kappa shape index (κ1) is 20.7. The molecule has 7 heteroatoms. The number of aliphatic imine (C=N–C) groups is 1. The number of guanidine groups is 1. The number of rotatable bonds is 7. The molecule has 1 aromatic heterocycles. The maximum absolute atomic E-state index is 9.47. The van der Waals surface area contributed by atoms with Crippen molar-refractivity contribution in [1.29, 1.82) is 0 Å². The molecule has 26 heavy (non-hydrogen) atoms. The molecule has 2 rings (SSSR count). The minimum Gasteiger partial charge on any atom is -0.396 e. The summed E-state index contributed by atoms with van der Waals surface area (Å²) in [5.41, 5.74) is 0.0180. The SMILES string of the molecule is CCNC(=NCc1noc(C(C)(C)C)n1)NCC1(CCO)CCCCC1. The third kappa shape index (κ3) is 5.97. The molecular weight excluding hydrogens is 330 g/mol. The van der Waals surface area contributed by atoms with Crippen molar-refractivity contribution in [2.75, 3.05) is 19.7 Å². The molecule has 7 nitrogen and oxygen atoms in total. The molecule has 1 aliphatic carbocycles. The van der Waals surface area contributed by atoms with Gasteiger partial charge in [-0.3, -0.25) is 0 Å². The largest absolute Gasteiger partial charge is 0.396 e. The third-order valence-corrected chi connectivity index (χ3v) is 5.02. The van der Waals surface area contributed by atoms with E-state index in [1.807, 2.05) is 27.7 Å². The summed E-state index contributed by atoms with van der Waals surface area (Å²) in [5.74, 6) is 1.98. The molecule has 0 aromatic carbocycles. The highest BCUT2D eigenvalue weighted by molar-refractivity contribution is 5.79. The molecule has 1 heterocycles. The first-order chi connectivity index (χ1) is 12.4. The molecule has 0 atom stereocenters. The summed E-state index contributed by atoms with van der Waals surface area (Å²) in [7, 11) is 0. The molecule has 3 N–H and O–H groups in total. The number of hydrogen-bond acceptors (Lipinski definition) is 5. The molecule has 0 aliphatic heterocycles. The maximum atomic E-state index is 9.47. The third-order valence-electron chi connectivity index (χ3n) is 5.02. The Morgan fingerprint density at radius 3 is 2.54 bits per heavy atom. The van der Waals surface area contributed by atoms with Crippen LogP contribution < -0.4 is 10.6 Å². The van der Waals surface area contributed by atoms with E-state index in [-0.39, 0.29) is 17.4 Å². The van der Waals surface area contributed by atoms with Gasteiger partial charge in [-0.2, -0.15) is 4.98 Å². The lowest BCUT2D eigenvalue weighted by atomic mass is 9.72. The molecule has 0 radical (unpaired) electrons. The first-order valence-corrected chi connectivity index (χ1v) is 9.85. The van der Waals surface area contributed by atoms with E-state index in [0.29, 0.717) is 18.3 Å². The number of hydrogen-bond donors (Lipinski definition) is 3. The fourth-order valence-corrected chi connectivity index (χ4v) is 3.44. The molecule has 1 fully saturated rings. The Labute approximate surface area is 157 Å². The molecule has 1 saturated carbocycles. The van der Waals surface area contributed by atoms with Gasteiger partial charge >= 0.3 is 0 Å². The van der Waals surface area contributed by atoms with Gasteiger partial charge in [0.05, 0.1) is 0 Å². The van der Waals surface area contributed by atoms with Gasteiger partial charge in [-0.25, -0.2) is 4.99 Å². The van der Waals surface area contributed by atoms with Crippen LogP contribution in [0.25, 0.3) is 0 Å². The summed E-state index contributed by atoms with van der Waals surface area (Å²) in [6.07, 6.45) is 6.97. The van der Waals surface area contributed by atoms with E-state index in [4.69, 9.17) is 4.52 Å². The van der Waals surface area contributed by atoms with E-state index < -0.39 is 0 Å². The number of nitrogens with zero attached hydrogens (tertiary/aromatic N) is 3. The second kappa shape index (κ2) is 9.35. The molecule has 0 spiro atoms. The lowest BCUT2D eigenvalue weighted by molar-refractivity contribution is 0.131. The van der Waals surface area contributed by atoms with Crippen molar-refractivity contribution in [3.63, 3.8) is 0 Å². The van der Waals surface area contributed by atoms with Gasteiger partial charge in [0.15, 0.2) is 11.8 Å². The van der Waals surface area contributed by atoms with Gasteiger partial charge in [-0.05, 0) is 31.6 Å². The Morgan fingerprint density at radius 2 is 1.96 bits per heavy atom. The van der Waals surface area contributed by atoms with E-state index in [0.717, 1.165) is 25.5 Å². The predicted molar refractivity (Wildman–Crippen MR) is 103 cm³/mol. The van der Waals surface area contributed by atoms with Crippen LogP contribution in [0.3, 0.4) is 0 Å². The summed E-state index contributed by atoms with van der Waals surface area (Å²) >= 11 is 0. The Balaban J connectivity index is 1.98. The van der Waals surface area contributed by atoms with E-state index >= 15 is 0 Å². The van der Waals surface area contributed by atoms with Crippen molar-refractivity contribution in [1.82, 2.24) is 20.8 Å². The average Bonchev–Trinajstić information content (AvgIpc) is 3.08. The number of nitrogens with one attached hydrogen (secondary N) is 2. The van der Waals surface area contributed by atoms with Gasteiger partial charge in [0.2, 0.25) is 5.89 Å². The van der Waals surface area contributed by atoms with Gasteiger partial charge in [0, 0.05) is 25.1 Å². The topological polar surface area (TPSA) is 95.6 Å². The molecule has 0 amide bonds. The minimum atomic E-state index is -0.157. The van der Waals surface area contributed by atoms with Crippen molar-refractivity contribution < 1.29 is 9.63 Å². The van der Waals surface area contributed by atoms with Crippen LogP contribution >= 0.6 is 0 Å². The van der Waals surface area contributed by atoms with Crippen LogP contribution in [0.2, 0.25) is 0 Å². The van der Waals surface area contributed by atoms with Crippen LogP contribution in [-0.4, -0.2) is 40.9 Å². The monoisotopic (exact) mass is 365 g/mol. The molecule has 0 bridgehead atoms. The van der Waals surface area contributed by atoms with Gasteiger partial charge < -0.3 is 20.3 Å². The van der Waals surface area contributed by atoms with Crippen molar-refractivity contribution in [2.24, 2.45) is 10.4 Å². The Morgan fingerprint density at radius 1 is 1.23 bits per heavy atom. The number of aliphatic hydroxyl groups is 1. The van der Waals surface area contributed by atoms with Gasteiger partial charge in [-0.1, -0.05) is 45.2 Å². The van der Waals surface area contributed by atoms with E-state index in [2.05, 4.69) is 25.8 Å². The summed E-state index contributed by atoms with van der Waals surface area (Å²) < 4.78 is 5.33. The highest BCUT2D eigenvalue weighted by Crippen LogP contribution is 2.38. The van der Waals surface area contributed by atoms with E-state index in [1.54, 1.807) is 0 Å². The first-order valence-electron chi connectivity index (χ1n) is 9.85. The van der Waals surface area contributed by atoms with E-state index in [9.17, 15) is 5.11 Å². The van der Waals surface area contributed by atoms with Crippen molar-refractivity contribution in [2.45, 2.75) is 78.2 Å². The van der Waals surface area contributed by atoms with Crippen LogP contribution in [0.15, 0.2) is 9.52 Å². The standard InChI is InChI=1S/C19H35N5O2/c1-5-20-17(21-13-15-23-16(26-24-15)18(2,3)4)22-14-19(11-12-25)9-7-6-8-10-19/h25H,5-14H2,1-4H3,(H2,20,21,22). The second-order valence-corrected chi connectivity index (χ2v) is 8.35. The normalized spacial score (nSPS) is 18.0. The fourth-order valence-electron chi connectivity index (χ4n) is 3.44. The molecule has 1 aliphatic rings. The van der Waals surface area contributed by atoms with Crippen LogP contribution in [0.5, 0.6) is 0 Å². The Kier molecular flexibility index (Phi) is 7.43. The Hall–Kier alpha value is -1.63. The zero-order chi connectivity index (χ0) is 19.0. The lowest BCUT2D eigenvalue weighted by Crippen LogP contribution is -2.45. The lowest BCUT2D eigenvalue weighted by Gasteiger charge is -2.37. The maximum Gasteiger partial charge on any atom is 0.232 e. The number of aromatic nitrogens is 2. The van der Waals surface area contributed by atoms with Gasteiger partial charge in [0.1, 0.15) is 6.54 Å². The van der Waals surface area contributed by atoms with Crippen LogP contribution in [0.1, 0.15) is 77.9 Å². The molecule has 1 aromatic rings. The summed E-state index contributed by atoms with van der Waals surface area (Å²) in [6.45, 7) is 10.4. The van der Waals surface area contributed by atoms with Crippen LogP contribution in [0, 0.1) is 5.41 Å². The van der Waals surface area contributed by atoms with Gasteiger partial charge in [0.25, 0.3) is 0 Å². The van der Waals surface area contributed by atoms with Crippen LogP contribution in [0.4, 0.5) is 0 Å². The van der Waals surface area contributed by atoms with E-state index in [1.165, 1.54) is 32.1 Å². The highest BCUT2D eigenvalue weighted by Gasteiger charge is 2.31. The highest BCUT2D eigenvalue weighted by atomic mass is 16.5. The zero-order valence-corrected chi connectivity index (χ0v) is 16.8. The summed E-state index contributed by atoms with van der Waals surface area (Å²) in [5, 5.41) is 20.2. The minimum absolute atomic E-state index is 0.157. The zero-order valence-electron chi connectivity index (χ0n) is 16.8. The summed E-state index contributed by atoms with van der Waals surface area (Å²) in [4.78, 5) is 9.03. The van der Waals surface area contributed by atoms with Crippen molar-refractivity contribution in [3.05, 3.63) is 11.7 Å². The molecule has 148 valence electrons. The molecular formula is C19H35N5O2. The van der Waals surface area contributed by atoms with Crippen molar-refractivity contribution in [3.8, 4) is 0 Å². The van der Waals surface area contributed by atoms with Crippen LogP contribution in [-0.2, 0) is 12.0 Å². The second-order valence-electron chi connectivity index (χ2n) is 8.35. The Bertz CT molecular complexity index is 565. The molecule has 0 unspecified atom stereocenters. The predicted octanol–water partition coefficient (Wildman–Crippen LogP) is 2.76. The van der Waals surface area contributed by atoms with Crippen molar-refractivity contribution >= 4 is 5.96 Å².